The molecule has 40 heavy (non-hydrogen) atoms. The first-order chi connectivity index (χ1) is 19.5. The van der Waals surface area contributed by atoms with E-state index in [-0.39, 0.29) is 11.8 Å². The SMILES string of the molecule is CN(CCCCCCC(N)=O)C(=O)[C@H](c1ncc(-c2ccc3ccccc3c2)[nH]1)c1nc(-c2ccccc2)cs1. The first-order valence-electron chi connectivity index (χ1n) is 13.6. The topological polar surface area (TPSA) is 105 Å². The number of nitrogens with one attached hydrogen (secondary N) is 1. The third-order valence-corrected chi connectivity index (χ3v) is 7.97. The third kappa shape index (κ3) is 6.46. The number of nitrogens with two attached hydrogens (primary N) is 1. The van der Waals surface area contributed by atoms with Crippen molar-refractivity contribution in [3.63, 3.8) is 0 Å². The highest BCUT2D eigenvalue weighted by molar-refractivity contribution is 7.10. The Balaban J connectivity index is 1.39. The minimum Gasteiger partial charge on any atom is -0.370 e. The van der Waals surface area contributed by atoms with E-state index in [0.29, 0.717) is 23.8 Å². The van der Waals surface area contributed by atoms with Crippen LogP contribution < -0.4 is 5.73 Å². The van der Waals surface area contributed by atoms with Crippen molar-refractivity contribution >= 4 is 33.9 Å². The smallest absolute Gasteiger partial charge is 0.240 e. The lowest BCUT2D eigenvalue weighted by molar-refractivity contribution is -0.130. The molecule has 7 nitrogen and oxygen atoms in total. The number of primary amides is 1. The maximum Gasteiger partial charge on any atom is 0.240 e. The van der Waals surface area contributed by atoms with Crippen molar-refractivity contribution in [2.75, 3.05) is 13.6 Å². The minimum atomic E-state index is -0.642. The summed E-state index contributed by atoms with van der Waals surface area (Å²) in [4.78, 5) is 39.6. The van der Waals surface area contributed by atoms with Gasteiger partial charge < -0.3 is 15.6 Å². The average molecular weight is 552 g/mol. The maximum atomic E-state index is 13.9. The maximum absolute atomic E-state index is 13.9. The highest BCUT2D eigenvalue weighted by Gasteiger charge is 2.31. The van der Waals surface area contributed by atoms with Gasteiger partial charge in [0.05, 0.1) is 17.6 Å². The molecular formula is C32H33N5O2S. The number of carbonyl (C=O) groups is 2. The summed E-state index contributed by atoms with van der Waals surface area (Å²) >= 11 is 1.48. The number of nitrogens with zero attached hydrogens (tertiary/aromatic N) is 3. The molecule has 2 heterocycles. The van der Waals surface area contributed by atoms with E-state index in [1.807, 2.05) is 54.9 Å². The standard InChI is InChI=1S/C32H33N5O2S/c1-37(18-10-3-2-7-15-28(33)38)32(39)29(31-36-27(21-40-31)23-12-5-4-6-13-23)30-34-20-26(35-30)25-17-16-22-11-8-9-14-24(22)19-25/h4-6,8-9,11-14,16-17,19-21,29H,2-3,7,10,15,18H2,1H3,(H2,33,38)(H,34,35)/t29-/m1/s1. The number of thiazole rings is 1. The summed E-state index contributed by atoms with van der Waals surface area (Å²) in [6, 6.07) is 24.5. The van der Waals surface area contributed by atoms with Crippen molar-refractivity contribution in [3.05, 3.63) is 95.2 Å². The molecule has 0 saturated heterocycles. The lowest BCUT2D eigenvalue weighted by atomic mass is 10.1. The second-order valence-electron chi connectivity index (χ2n) is 10.0. The predicted octanol–water partition coefficient (Wildman–Crippen LogP) is 6.38. The first-order valence-corrected chi connectivity index (χ1v) is 14.5. The van der Waals surface area contributed by atoms with Crippen LogP contribution >= 0.6 is 11.3 Å². The first kappa shape index (κ1) is 27.3. The largest absolute Gasteiger partial charge is 0.370 e. The summed E-state index contributed by atoms with van der Waals surface area (Å²) in [5.41, 5.74) is 8.96. The molecule has 3 aromatic carbocycles. The zero-order valence-electron chi connectivity index (χ0n) is 22.5. The van der Waals surface area contributed by atoms with Crippen LogP contribution in [0.5, 0.6) is 0 Å². The van der Waals surface area contributed by atoms with Crippen LogP contribution in [0.25, 0.3) is 33.3 Å². The van der Waals surface area contributed by atoms with E-state index in [0.717, 1.165) is 53.6 Å². The molecule has 5 rings (SSSR count). The number of likely N-dealkylation sites (N-methyl/N-ethyl adjacent to an activating group) is 1. The highest BCUT2D eigenvalue weighted by atomic mass is 32.1. The Kier molecular flexibility index (Phi) is 8.66. The number of hydrogen-bond acceptors (Lipinski definition) is 5. The quantitative estimate of drug-likeness (QED) is 0.176. The Labute approximate surface area is 238 Å². The van der Waals surface area contributed by atoms with Gasteiger partial charge in [-0.05, 0) is 29.7 Å². The lowest BCUT2D eigenvalue weighted by Gasteiger charge is -2.21. The molecule has 2 aromatic heterocycles. The fourth-order valence-electron chi connectivity index (χ4n) is 4.82. The fraction of sp³-hybridized carbons (Fsp3) is 0.250. The Bertz CT molecular complexity index is 1590. The Hall–Kier alpha value is -4.30. The van der Waals surface area contributed by atoms with Crippen LogP contribution in [0.4, 0.5) is 0 Å². The predicted molar refractivity (Wildman–Crippen MR) is 161 cm³/mol. The second kappa shape index (κ2) is 12.7. The van der Waals surface area contributed by atoms with Crippen molar-refractivity contribution in [3.8, 4) is 22.5 Å². The van der Waals surface area contributed by atoms with Gasteiger partial charge in [-0.3, -0.25) is 9.59 Å². The molecule has 0 aliphatic carbocycles. The average Bonchev–Trinajstić information content (AvgIpc) is 3.66. The number of unbranched alkanes of at least 4 members (excludes halogenated alkanes) is 3. The zero-order valence-corrected chi connectivity index (χ0v) is 23.4. The molecule has 0 saturated carbocycles. The van der Waals surface area contributed by atoms with Crippen molar-refractivity contribution < 1.29 is 9.59 Å². The molecule has 0 bridgehead atoms. The Morgan fingerprint density at radius 3 is 2.48 bits per heavy atom. The van der Waals surface area contributed by atoms with Gasteiger partial charge >= 0.3 is 0 Å². The van der Waals surface area contributed by atoms with Gasteiger partial charge in [0.25, 0.3) is 0 Å². The van der Waals surface area contributed by atoms with Crippen molar-refractivity contribution in [2.45, 2.75) is 38.0 Å². The number of imidazole rings is 1. The molecule has 0 unspecified atom stereocenters. The molecule has 0 aliphatic rings. The summed E-state index contributed by atoms with van der Waals surface area (Å²) < 4.78 is 0. The summed E-state index contributed by atoms with van der Waals surface area (Å²) in [7, 11) is 1.83. The van der Waals surface area contributed by atoms with Crippen molar-refractivity contribution in [1.82, 2.24) is 19.9 Å². The van der Waals surface area contributed by atoms with E-state index in [9.17, 15) is 9.59 Å². The van der Waals surface area contributed by atoms with Crippen LogP contribution in [0.3, 0.4) is 0 Å². The van der Waals surface area contributed by atoms with Crippen LogP contribution in [0.2, 0.25) is 0 Å². The molecule has 0 radical (unpaired) electrons. The van der Waals surface area contributed by atoms with E-state index in [1.54, 1.807) is 11.1 Å². The Morgan fingerprint density at radius 1 is 0.925 bits per heavy atom. The van der Waals surface area contributed by atoms with Crippen LogP contribution in [0.1, 0.15) is 48.9 Å². The van der Waals surface area contributed by atoms with Gasteiger partial charge in [-0.25, -0.2) is 9.97 Å². The molecule has 0 spiro atoms. The number of benzene rings is 3. The third-order valence-electron chi connectivity index (χ3n) is 7.06. The molecular weight excluding hydrogens is 518 g/mol. The van der Waals surface area contributed by atoms with Gasteiger partial charge in [0.1, 0.15) is 16.7 Å². The van der Waals surface area contributed by atoms with Gasteiger partial charge in [0.15, 0.2) is 0 Å². The number of rotatable bonds is 12. The van der Waals surface area contributed by atoms with Gasteiger partial charge in [-0.2, -0.15) is 0 Å². The van der Waals surface area contributed by atoms with Gasteiger partial charge in [0.2, 0.25) is 11.8 Å². The second-order valence-corrected chi connectivity index (χ2v) is 10.9. The van der Waals surface area contributed by atoms with E-state index < -0.39 is 5.92 Å². The van der Waals surface area contributed by atoms with Crippen LogP contribution in [0, 0.1) is 0 Å². The zero-order chi connectivity index (χ0) is 27.9. The molecule has 5 aromatic rings. The Morgan fingerprint density at radius 2 is 1.68 bits per heavy atom. The van der Waals surface area contributed by atoms with Crippen molar-refractivity contribution in [2.24, 2.45) is 5.73 Å². The van der Waals surface area contributed by atoms with Gasteiger partial charge in [-0.15, -0.1) is 11.3 Å². The molecule has 1 atom stereocenters. The van der Waals surface area contributed by atoms with E-state index in [1.165, 1.54) is 16.7 Å². The molecule has 3 N–H and O–H groups in total. The van der Waals surface area contributed by atoms with Gasteiger partial charge in [0, 0.05) is 36.5 Å². The number of carbonyl (C=O) groups excluding carboxylic acids is 2. The van der Waals surface area contributed by atoms with Crippen LogP contribution in [-0.2, 0) is 9.59 Å². The highest BCUT2D eigenvalue weighted by Crippen LogP contribution is 2.32. The number of amides is 2. The molecule has 0 fully saturated rings. The molecule has 8 heteroatoms. The summed E-state index contributed by atoms with van der Waals surface area (Å²) in [5.74, 6) is -0.382. The lowest BCUT2D eigenvalue weighted by Crippen LogP contribution is -2.33. The molecule has 2 amide bonds. The van der Waals surface area contributed by atoms with Crippen molar-refractivity contribution in [1.29, 1.82) is 0 Å². The van der Waals surface area contributed by atoms with E-state index in [4.69, 9.17) is 15.7 Å². The van der Waals surface area contributed by atoms with Crippen LogP contribution in [0.15, 0.2) is 84.4 Å². The summed E-state index contributed by atoms with van der Waals surface area (Å²) in [5, 5.41) is 5.02. The number of aromatic amines is 1. The number of aromatic nitrogens is 3. The normalized spacial score (nSPS) is 11.9. The molecule has 0 aliphatic heterocycles. The van der Waals surface area contributed by atoms with Gasteiger partial charge in [-0.1, -0.05) is 79.6 Å². The number of H-pyrrole nitrogens is 1. The van der Waals surface area contributed by atoms with E-state index >= 15 is 0 Å². The number of hydrogen-bond donors (Lipinski definition) is 2. The summed E-state index contributed by atoms with van der Waals surface area (Å²) in [6.45, 7) is 0.612. The molecule has 204 valence electrons. The van der Waals surface area contributed by atoms with E-state index in [2.05, 4.69) is 35.3 Å². The number of fused-ring (bicyclic) bond motifs is 1. The fourth-order valence-corrected chi connectivity index (χ4v) is 5.74. The summed E-state index contributed by atoms with van der Waals surface area (Å²) in [6.07, 6.45) is 5.67. The minimum absolute atomic E-state index is 0.0505. The van der Waals surface area contributed by atoms with Crippen LogP contribution in [-0.4, -0.2) is 45.3 Å². The monoisotopic (exact) mass is 551 g/mol.